The number of imidazole rings is 1. The molecule has 0 radical (unpaired) electrons. The van der Waals surface area contributed by atoms with E-state index in [4.69, 9.17) is 28.9 Å². The number of primary amides is 1. The van der Waals surface area contributed by atoms with Crippen LogP contribution in [0.4, 0.5) is 0 Å². The molecule has 2 heterocycles. The van der Waals surface area contributed by atoms with Crippen LogP contribution in [0, 0.1) is 0 Å². The number of carbonyl (C=O) groups is 1. The third-order valence-electron chi connectivity index (χ3n) is 3.04. The van der Waals surface area contributed by atoms with Crippen molar-refractivity contribution in [1.29, 1.82) is 0 Å². The number of halogens is 2. The average Bonchev–Trinajstić information content (AvgIpc) is 2.80. The van der Waals surface area contributed by atoms with Gasteiger partial charge in [-0.2, -0.15) is 0 Å². The number of rotatable bonds is 3. The predicted molar refractivity (Wildman–Crippen MR) is 82.2 cm³/mol. The molecule has 0 saturated carbocycles. The van der Waals surface area contributed by atoms with Gasteiger partial charge in [-0.05, 0) is 30.3 Å². The summed E-state index contributed by atoms with van der Waals surface area (Å²) < 4.78 is 1.72. The van der Waals surface area contributed by atoms with Crippen LogP contribution in [0.2, 0.25) is 10.2 Å². The normalized spacial score (nSPS) is 11.0. The number of fused-ring (bicyclic) bond motifs is 1. The molecule has 0 bridgehead atoms. The fourth-order valence-corrected chi connectivity index (χ4v) is 2.48. The Labute approximate surface area is 130 Å². The molecular formula is C14H10Cl2N4O. The summed E-state index contributed by atoms with van der Waals surface area (Å²) in [6.07, 6.45) is 1.56. The van der Waals surface area contributed by atoms with E-state index in [0.29, 0.717) is 21.9 Å². The molecule has 0 spiro atoms. The Hall–Kier alpha value is -2.11. The highest BCUT2D eigenvalue weighted by molar-refractivity contribution is 6.33. The minimum absolute atomic E-state index is 0.00873. The van der Waals surface area contributed by atoms with Gasteiger partial charge < -0.3 is 10.3 Å². The summed E-state index contributed by atoms with van der Waals surface area (Å²) in [4.78, 5) is 19.8. The van der Waals surface area contributed by atoms with Crippen LogP contribution in [-0.2, 0) is 11.3 Å². The van der Waals surface area contributed by atoms with E-state index < -0.39 is 5.91 Å². The van der Waals surface area contributed by atoms with Crippen molar-refractivity contribution in [2.24, 2.45) is 5.73 Å². The van der Waals surface area contributed by atoms with Crippen LogP contribution in [0.1, 0.15) is 0 Å². The highest BCUT2D eigenvalue weighted by Crippen LogP contribution is 2.28. The van der Waals surface area contributed by atoms with Gasteiger partial charge in [-0.25, -0.2) is 9.97 Å². The van der Waals surface area contributed by atoms with Gasteiger partial charge in [0.1, 0.15) is 17.9 Å². The SMILES string of the molecule is NC(=O)Cn1c(-c2ccc(Cl)cc2)nc2c(Cl)nccc21. The first-order valence-corrected chi connectivity index (χ1v) is 6.87. The smallest absolute Gasteiger partial charge is 0.237 e. The molecule has 0 fully saturated rings. The fraction of sp³-hybridized carbons (Fsp3) is 0.0714. The summed E-state index contributed by atoms with van der Waals surface area (Å²) >= 11 is 12.0. The maximum Gasteiger partial charge on any atom is 0.237 e. The van der Waals surface area contributed by atoms with Gasteiger partial charge >= 0.3 is 0 Å². The summed E-state index contributed by atoms with van der Waals surface area (Å²) in [6.45, 7) is 0.00873. The van der Waals surface area contributed by atoms with Gasteiger partial charge in [-0.1, -0.05) is 23.2 Å². The molecule has 0 unspecified atom stereocenters. The van der Waals surface area contributed by atoms with Crippen LogP contribution in [0.25, 0.3) is 22.4 Å². The van der Waals surface area contributed by atoms with E-state index in [1.165, 1.54) is 0 Å². The van der Waals surface area contributed by atoms with Crippen LogP contribution in [-0.4, -0.2) is 20.4 Å². The van der Waals surface area contributed by atoms with Crippen molar-refractivity contribution in [2.75, 3.05) is 0 Å². The molecule has 0 saturated heterocycles. The first-order chi connectivity index (χ1) is 10.1. The lowest BCUT2D eigenvalue weighted by molar-refractivity contribution is -0.118. The minimum atomic E-state index is -0.461. The molecule has 21 heavy (non-hydrogen) atoms. The van der Waals surface area contributed by atoms with Crippen molar-refractivity contribution in [3.63, 3.8) is 0 Å². The third-order valence-corrected chi connectivity index (χ3v) is 3.57. The van der Waals surface area contributed by atoms with E-state index in [9.17, 15) is 4.79 Å². The number of hydrogen-bond acceptors (Lipinski definition) is 3. The molecule has 1 amide bonds. The quantitative estimate of drug-likeness (QED) is 0.754. The molecular weight excluding hydrogens is 311 g/mol. The van der Waals surface area contributed by atoms with Gasteiger partial charge in [0.05, 0.1) is 5.52 Å². The van der Waals surface area contributed by atoms with E-state index in [2.05, 4.69) is 9.97 Å². The Morgan fingerprint density at radius 1 is 1.19 bits per heavy atom. The van der Waals surface area contributed by atoms with Crippen LogP contribution in [0.15, 0.2) is 36.5 Å². The van der Waals surface area contributed by atoms with Gasteiger partial charge in [0.15, 0.2) is 5.15 Å². The number of nitrogens with zero attached hydrogens (tertiary/aromatic N) is 3. The number of aromatic nitrogens is 3. The topological polar surface area (TPSA) is 73.8 Å². The largest absolute Gasteiger partial charge is 0.368 e. The van der Waals surface area contributed by atoms with Crippen molar-refractivity contribution in [3.05, 3.63) is 46.7 Å². The first kappa shape index (κ1) is 13.9. The Kier molecular flexibility index (Phi) is 3.53. The van der Waals surface area contributed by atoms with E-state index in [0.717, 1.165) is 5.56 Å². The maximum absolute atomic E-state index is 11.3. The summed E-state index contributed by atoms with van der Waals surface area (Å²) in [5, 5.41) is 0.905. The lowest BCUT2D eigenvalue weighted by Gasteiger charge is -2.07. The second-order valence-corrected chi connectivity index (χ2v) is 5.26. The summed E-state index contributed by atoms with van der Waals surface area (Å²) in [5.74, 6) is 0.132. The Bertz CT molecular complexity index is 827. The van der Waals surface area contributed by atoms with Crippen LogP contribution in [0.5, 0.6) is 0 Å². The summed E-state index contributed by atoms with van der Waals surface area (Å²) in [5.41, 5.74) is 7.38. The second kappa shape index (κ2) is 5.35. The van der Waals surface area contributed by atoms with E-state index in [1.54, 1.807) is 29.0 Å². The first-order valence-electron chi connectivity index (χ1n) is 6.11. The summed E-state index contributed by atoms with van der Waals surface area (Å²) in [6, 6.07) is 8.90. The van der Waals surface area contributed by atoms with Crippen molar-refractivity contribution in [2.45, 2.75) is 6.54 Å². The molecule has 106 valence electrons. The van der Waals surface area contributed by atoms with Gasteiger partial charge in [0.2, 0.25) is 5.91 Å². The zero-order valence-electron chi connectivity index (χ0n) is 10.8. The Balaban J connectivity index is 2.27. The number of carbonyl (C=O) groups excluding carboxylic acids is 1. The fourth-order valence-electron chi connectivity index (χ4n) is 2.16. The van der Waals surface area contributed by atoms with Crippen LogP contribution >= 0.6 is 23.2 Å². The minimum Gasteiger partial charge on any atom is -0.368 e. The number of nitrogens with two attached hydrogens (primary N) is 1. The Morgan fingerprint density at radius 2 is 1.90 bits per heavy atom. The molecule has 7 heteroatoms. The van der Waals surface area contributed by atoms with E-state index in [1.807, 2.05) is 12.1 Å². The number of benzene rings is 1. The maximum atomic E-state index is 11.3. The Morgan fingerprint density at radius 3 is 2.57 bits per heavy atom. The highest BCUT2D eigenvalue weighted by atomic mass is 35.5. The van der Waals surface area contributed by atoms with Gasteiger partial charge in [-0.15, -0.1) is 0 Å². The zero-order valence-corrected chi connectivity index (χ0v) is 12.3. The molecule has 5 nitrogen and oxygen atoms in total. The summed E-state index contributed by atoms with van der Waals surface area (Å²) in [7, 11) is 0. The molecule has 0 atom stereocenters. The molecule has 0 aliphatic rings. The molecule has 2 N–H and O–H groups in total. The van der Waals surface area contributed by atoms with Crippen LogP contribution < -0.4 is 5.73 Å². The van der Waals surface area contributed by atoms with E-state index in [-0.39, 0.29) is 11.7 Å². The van der Waals surface area contributed by atoms with Crippen molar-refractivity contribution in [1.82, 2.24) is 14.5 Å². The number of pyridine rings is 1. The lowest BCUT2D eigenvalue weighted by Crippen LogP contribution is -2.19. The van der Waals surface area contributed by atoms with Crippen LogP contribution in [0.3, 0.4) is 0 Å². The second-order valence-electron chi connectivity index (χ2n) is 4.46. The van der Waals surface area contributed by atoms with Crippen molar-refractivity contribution < 1.29 is 4.79 Å². The molecule has 1 aromatic carbocycles. The van der Waals surface area contributed by atoms with Gasteiger partial charge in [0, 0.05) is 16.8 Å². The number of amides is 1. The molecule has 3 rings (SSSR count). The lowest BCUT2D eigenvalue weighted by atomic mass is 10.2. The highest BCUT2D eigenvalue weighted by Gasteiger charge is 2.16. The van der Waals surface area contributed by atoms with E-state index >= 15 is 0 Å². The standard InChI is InChI=1S/C14H10Cl2N4O/c15-9-3-1-8(2-4-9)14-19-12-10(5-6-18-13(12)16)20(14)7-11(17)21/h1-6H,7H2,(H2,17,21). The van der Waals surface area contributed by atoms with Crippen molar-refractivity contribution >= 4 is 40.1 Å². The van der Waals surface area contributed by atoms with Crippen molar-refractivity contribution in [3.8, 4) is 11.4 Å². The average molecular weight is 321 g/mol. The molecule has 2 aromatic heterocycles. The third kappa shape index (κ3) is 2.57. The molecule has 3 aromatic rings. The number of hydrogen-bond donors (Lipinski definition) is 1. The monoisotopic (exact) mass is 320 g/mol. The predicted octanol–water partition coefficient (Wildman–Crippen LogP) is 2.89. The zero-order chi connectivity index (χ0) is 15.0. The molecule has 0 aliphatic heterocycles. The molecule has 0 aliphatic carbocycles. The van der Waals surface area contributed by atoms with Gasteiger partial charge in [0.25, 0.3) is 0 Å². The van der Waals surface area contributed by atoms with Gasteiger partial charge in [-0.3, -0.25) is 4.79 Å².